The van der Waals surface area contributed by atoms with Crippen LogP contribution in [0.4, 0.5) is 5.69 Å². The van der Waals surface area contributed by atoms with E-state index in [0.717, 1.165) is 16.6 Å². The zero-order valence-corrected chi connectivity index (χ0v) is 12.7. The quantitative estimate of drug-likeness (QED) is 0.653. The highest BCUT2D eigenvalue weighted by molar-refractivity contribution is 9.10. The molecular formula is C13H13BrN2O2S. The first-order valence-electron chi connectivity index (χ1n) is 5.77. The molecule has 0 saturated heterocycles. The molecule has 2 rings (SSSR count). The Hall–Kier alpha value is -1.24. The van der Waals surface area contributed by atoms with E-state index in [1.54, 1.807) is 23.5 Å². The molecule has 4 nitrogen and oxygen atoms in total. The van der Waals surface area contributed by atoms with Gasteiger partial charge in [0.05, 0.1) is 4.92 Å². The Kier molecular flexibility index (Phi) is 4.68. The summed E-state index contributed by atoms with van der Waals surface area (Å²) in [5, 5.41) is 16.0. The second-order valence-electron chi connectivity index (χ2n) is 4.14. The molecule has 1 N–H and O–H groups in total. The SMILES string of the molecule is CC(NCc1sccc1Br)c1ccc([N+](=O)[O-])cc1. The Balaban J connectivity index is 1.98. The maximum absolute atomic E-state index is 10.6. The van der Waals surface area contributed by atoms with Crippen molar-refractivity contribution in [2.45, 2.75) is 19.5 Å². The van der Waals surface area contributed by atoms with E-state index in [9.17, 15) is 10.1 Å². The predicted octanol–water partition coefficient (Wildman–Crippen LogP) is 4.27. The number of benzene rings is 1. The van der Waals surface area contributed by atoms with Crippen molar-refractivity contribution in [3.05, 3.63) is 60.7 Å². The van der Waals surface area contributed by atoms with Crippen LogP contribution in [-0.4, -0.2) is 4.92 Å². The van der Waals surface area contributed by atoms with Gasteiger partial charge in [-0.05, 0) is 39.9 Å². The Bertz CT molecular complexity index is 568. The molecular weight excluding hydrogens is 328 g/mol. The number of rotatable bonds is 5. The summed E-state index contributed by atoms with van der Waals surface area (Å²) in [6.07, 6.45) is 0. The smallest absolute Gasteiger partial charge is 0.269 e. The van der Waals surface area contributed by atoms with Gasteiger partial charge in [-0.15, -0.1) is 11.3 Å². The first-order valence-corrected chi connectivity index (χ1v) is 7.45. The topological polar surface area (TPSA) is 55.2 Å². The second kappa shape index (κ2) is 6.27. The molecule has 0 bridgehead atoms. The van der Waals surface area contributed by atoms with Crippen LogP contribution in [0.1, 0.15) is 23.4 Å². The number of hydrogen-bond acceptors (Lipinski definition) is 4. The van der Waals surface area contributed by atoms with Crippen molar-refractivity contribution < 1.29 is 4.92 Å². The summed E-state index contributed by atoms with van der Waals surface area (Å²) in [6.45, 7) is 2.82. The van der Waals surface area contributed by atoms with Crippen LogP contribution >= 0.6 is 27.3 Å². The Morgan fingerprint density at radius 3 is 2.58 bits per heavy atom. The molecule has 19 heavy (non-hydrogen) atoms. The minimum absolute atomic E-state index is 0.122. The number of hydrogen-bond donors (Lipinski definition) is 1. The second-order valence-corrected chi connectivity index (χ2v) is 6.00. The van der Waals surface area contributed by atoms with Crippen molar-refractivity contribution in [2.24, 2.45) is 0 Å². The minimum atomic E-state index is -0.384. The van der Waals surface area contributed by atoms with Gasteiger partial charge in [-0.2, -0.15) is 0 Å². The van der Waals surface area contributed by atoms with E-state index in [0.29, 0.717) is 0 Å². The van der Waals surface area contributed by atoms with Crippen molar-refractivity contribution in [1.82, 2.24) is 5.32 Å². The molecule has 0 aliphatic rings. The van der Waals surface area contributed by atoms with Gasteiger partial charge >= 0.3 is 0 Å². The zero-order valence-electron chi connectivity index (χ0n) is 10.3. The molecule has 0 saturated carbocycles. The summed E-state index contributed by atoms with van der Waals surface area (Å²) >= 11 is 5.19. The van der Waals surface area contributed by atoms with Crippen LogP contribution < -0.4 is 5.32 Å². The molecule has 1 aromatic carbocycles. The summed E-state index contributed by atoms with van der Waals surface area (Å²) in [6, 6.07) is 8.83. The molecule has 1 atom stereocenters. The lowest BCUT2D eigenvalue weighted by Gasteiger charge is -2.13. The number of thiophene rings is 1. The van der Waals surface area contributed by atoms with E-state index < -0.39 is 0 Å². The highest BCUT2D eigenvalue weighted by Crippen LogP contribution is 2.24. The largest absolute Gasteiger partial charge is 0.305 e. The first-order chi connectivity index (χ1) is 9.08. The molecule has 0 amide bonds. The standard InChI is InChI=1S/C13H13BrN2O2S/c1-9(15-8-13-12(14)6-7-19-13)10-2-4-11(5-3-10)16(17)18/h2-7,9,15H,8H2,1H3. The van der Waals surface area contributed by atoms with Gasteiger partial charge in [0.25, 0.3) is 5.69 Å². The van der Waals surface area contributed by atoms with E-state index in [1.165, 1.54) is 17.0 Å². The van der Waals surface area contributed by atoms with Gasteiger partial charge < -0.3 is 5.32 Å². The summed E-state index contributed by atoms with van der Waals surface area (Å²) < 4.78 is 1.11. The van der Waals surface area contributed by atoms with E-state index in [1.807, 2.05) is 18.4 Å². The van der Waals surface area contributed by atoms with E-state index in [4.69, 9.17) is 0 Å². The molecule has 6 heteroatoms. The molecule has 1 aromatic heterocycles. The normalized spacial score (nSPS) is 12.3. The molecule has 1 unspecified atom stereocenters. The van der Waals surface area contributed by atoms with Crippen LogP contribution in [0.25, 0.3) is 0 Å². The van der Waals surface area contributed by atoms with Crippen LogP contribution in [0.2, 0.25) is 0 Å². The van der Waals surface area contributed by atoms with Crippen molar-refractivity contribution in [1.29, 1.82) is 0 Å². The molecule has 0 spiro atoms. The predicted molar refractivity (Wildman–Crippen MR) is 80.4 cm³/mol. The fourth-order valence-electron chi connectivity index (χ4n) is 1.70. The van der Waals surface area contributed by atoms with Gasteiger partial charge in [-0.25, -0.2) is 0 Å². The monoisotopic (exact) mass is 340 g/mol. The maximum atomic E-state index is 10.6. The molecule has 0 radical (unpaired) electrons. The molecule has 0 aliphatic heterocycles. The zero-order chi connectivity index (χ0) is 13.8. The van der Waals surface area contributed by atoms with E-state index in [-0.39, 0.29) is 16.7 Å². The first kappa shape index (κ1) is 14.2. The number of nitrogens with one attached hydrogen (secondary N) is 1. The number of non-ortho nitro benzene ring substituents is 1. The fourth-order valence-corrected chi connectivity index (χ4v) is 3.14. The average molecular weight is 341 g/mol. The maximum Gasteiger partial charge on any atom is 0.269 e. The Morgan fingerprint density at radius 2 is 2.05 bits per heavy atom. The number of halogens is 1. The molecule has 2 aromatic rings. The highest BCUT2D eigenvalue weighted by atomic mass is 79.9. The summed E-state index contributed by atoms with van der Waals surface area (Å²) in [4.78, 5) is 11.4. The third kappa shape index (κ3) is 3.62. The lowest BCUT2D eigenvalue weighted by molar-refractivity contribution is -0.384. The summed E-state index contributed by atoms with van der Waals surface area (Å²) in [5.41, 5.74) is 1.16. The molecule has 100 valence electrons. The van der Waals surface area contributed by atoms with Crippen molar-refractivity contribution >= 4 is 33.0 Å². The third-order valence-corrected chi connectivity index (χ3v) is 4.79. The summed E-state index contributed by atoms with van der Waals surface area (Å²) in [5.74, 6) is 0. The Labute approximate surface area is 123 Å². The number of nitro benzene ring substituents is 1. The van der Waals surface area contributed by atoms with Crippen molar-refractivity contribution in [3.63, 3.8) is 0 Å². The molecule has 1 heterocycles. The van der Waals surface area contributed by atoms with Crippen molar-refractivity contribution in [3.8, 4) is 0 Å². The van der Waals surface area contributed by atoms with E-state index >= 15 is 0 Å². The molecule has 0 fully saturated rings. The number of nitrogens with zero attached hydrogens (tertiary/aromatic N) is 1. The van der Waals surface area contributed by atoms with Gasteiger partial charge in [0.2, 0.25) is 0 Å². The van der Waals surface area contributed by atoms with Crippen LogP contribution in [0, 0.1) is 10.1 Å². The van der Waals surface area contributed by atoms with Gasteiger partial charge in [0, 0.05) is 34.1 Å². The van der Waals surface area contributed by atoms with Crippen LogP contribution in [0.3, 0.4) is 0 Å². The van der Waals surface area contributed by atoms with E-state index in [2.05, 4.69) is 21.2 Å². The van der Waals surface area contributed by atoms with Gasteiger partial charge in [-0.3, -0.25) is 10.1 Å². The summed E-state index contributed by atoms with van der Waals surface area (Å²) in [7, 11) is 0. The van der Waals surface area contributed by atoms with Gasteiger partial charge in [-0.1, -0.05) is 12.1 Å². The third-order valence-electron chi connectivity index (χ3n) is 2.86. The lowest BCUT2D eigenvalue weighted by Crippen LogP contribution is -2.17. The fraction of sp³-hybridized carbons (Fsp3) is 0.231. The number of nitro groups is 1. The Morgan fingerprint density at radius 1 is 1.37 bits per heavy atom. The van der Waals surface area contributed by atoms with Crippen LogP contribution in [0.15, 0.2) is 40.2 Å². The average Bonchev–Trinajstić information content (AvgIpc) is 2.81. The lowest BCUT2D eigenvalue weighted by atomic mass is 10.1. The molecule has 0 aliphatic carbocycles. The van der Waals surface area contributed by atoms with Crippen molar-refractivity contribution in [2.75, 3.05) is 0 Å². The van der Waals surface area contributed by atoms with Gasteiger partial charge in [0.15, 0.2) is 0 Å². The van der Waals surface area contributed by atoms with Gasteiger partial charge in [0.1, 0.15) is 0 Å². The van der Waals surface area contributed by atoms with Crippen LogP contribution in [-0.2, 0) is 6.54 Å². The minimum Gasteiger partial charge on any atom is -0.305 e. The van der Waals surface area contributed by atoms with Crippen LogP contribution in [0.5, 0.6) is 0 Å². The highest BCUT2D eigenvalue weighted by Gasteiger charge is 2.09.